The van der Waals surface area contributed by atoms with Crippen LogP contribution in [0.2, 0.25) is 0 Å². The molecule has 1 aromatic rings. The molecule has 1 saturated heterocycles. The molecule has 1 aliphatic heterocycles. The lowest BCUT2D eigenvalue weighted by Gasteiger charge is -2.37. The quantitative estimate of drug-likeness (QED) is 0.931. The molecule has 0 saturated carbocycles. The largest absolute Gasteiger partial charge is 0.433 e. The molecule has 1 aromatic heterocycles. The van der Waals surface area contributed by atoms with Gasteiger partial charge >= 0.3 is 6.18 Å². The van der Waals surface area contributed by atoms with Gasteiger partial charge < -0.3 is 10.6 Å². The van der Waals surface area contributed by atoms with Gasteiger partial charge in [-0.1, -0.05) is 0 Å². The Kier molecular flexibility index (Phi) is 4.68. The summed E-state index contributed by atoms with van der Waals surface area (Å²) in [5.74, 6) is 0.130. The third-order valence-electron chi connectivity index (χ3n) is 3.69. The minimum Gasteiger partial charge on any atom is -0.352 e. The number of piperidine rings is 1. The molecule has 2 rings (SSSR count). The summed E-state index contributed by atoms with van der Waals surface area (Å²) in [6.45, 7) is 1.07. The zero-order chi connectivity index (χ0) is 15.5. The second-order valence-corrected chi connectivity index (χ2v) is 5.10. The molecule has 0 bridgehead atoms. The van der Waals surface area contributed by atoms with Gasteiger partial charge in [-0.2, -0.15) is 18.4 Å². The second-order valence-electron chi connectivity index (χ2n) is 5.10. The van der Waals surface area contributed by atoms with Crippen LogP contribution < -0.4 is 10.6 Å². The van der Waals surface area contributed by atoms with Crippen molar-refractivity contribution >= 4 is 5.82 Å². The first-order valence-corrected chi connectivity index (χ1v) is 6.92. The minimum atomic E-state index is -4.51. The van der Waals surface area contributed by atoms with Crippen LogP contribution in [0.4, 0.5) is 19.0 Å². The third-order valence-corrected chi connectivity index (χ3v) is 3.69. The van der Waals surface area contributed by atoms with Crippen LogP contribution in [-0.2, 0) is 6.18 Å². The van der Waals surface area contributed by atoms with Crippen molar-refractivity contribution in [3.63, 3.8) is 0 Å². The van der Waals surface area contributed by atoms with Crippen LogP contribution in [0.25, 0.3) is 0 Å². The van der Waals surface area contributed by atoms with E-state index >= 15 is 0 Å². The van der Waals surface area contributed by atoms with E-state index in [0.29, 0.717) is 19.5 Å². The highest BCUT2D eigenvalue weighted by Crippen LogP contribution is 2.33. The van der Waals surface area contributed by atoms with Crippen LogP contribution in [0.3, 0.4) is 0 Å². The first-order chi connectivity index (χ1) is 9.97. The molecule has 2 N–H and O–H groups in total. The number of nitrogens with two attached hydrogens (primary N) is 1. The maximum absolute atomic E-state index is 12.8. The third kappa shape index (κ3) is 3.45. The van der Waals surface area contributed by atoms with E-state index in [0.717, 1.165) is 25.3 Å². The minimum absolute atomic E-state index is 0.0480. The molecule has 7 heteroatoms. The van der Waals surface area contributed by atoms with Gasteiger partial charge in [-0.15, -0.1) is 0 Å². The lowest BCUT2D eigenvalue weighted by Crippen LogP contribution is -2.42. The summed E-state index contributed by atoms with van der Waals surface area (Å²) in [6, 6.07) is 4.02. The van der Waals surface area contributed by atoms with Crippen molar-refractivity contribution in [3.05, 3.63) is 23.4 Å². The summed E-state index contributed by atoms with van der Waals surface area (Å²) in [7, 11) is 0. The van der Waals surface area contributed by atoms with Crippen molar-refractivity contribution < 1.29 is 13.2 Å². The highest BCUT2D eigenvalue weighted by atomic mass is 19.4. The topological polar surface area (TPSA) is 65.9 Å². The van der Waals surface area contributed by atoms with E-state index in [1.807, 2.05) is 11.0 Å². The van der Waals surface area contributed by atoms with Crippen molar-refractivity contribution in [2.75, 3.05) is 18.0 Å². The number of rotatable bonds is 3. The molecule has 0 radical (unpaired) electrons. The van der Waals surface area contributed by atoms with Gasteiger partial charge in [0.15, 0.2) is 0 Å². The molecule has 21 heavy (non-hydrogen) atoms. The zero-order valence-electron chi connectivity index (χ0n) is 11.5. The SMILES string of the molecule is N#Cc1ccc(C(F)(F)F)nc1N1CCCCC1CCN. The van der Waals surface area contributed by atoms with E-state index in [9.17, 15) is 13.2 Å². The average Bonchev–Trinajstić information content (AvgIpc) is 2.46. The lowest BCUT2D eigenvalue weighted by atomic mass is 9.98. The maximum Gasteiger partial charge on any atom is 0.433 e. The van der Waals surface area contributed by atoms with Crippen LogP contribution in [0, 0.1) is 11.3 Å². The summed E-state index contributed by atoms with van der Waals surface area (Å²) in [5.41, 5.74) is 4.79. The number of halogens is 3. The number of pyridine rings is 1. The van der Waals surface area contributed by atoms with Crippen molar-refractivity contribution in [2.24, 2.45) is 5.73 Å². The fraction of sp³-hybridized carbons (Fsp3) is 0.571. The van der Waals surface area contributed by atoms with Gasteiger partial charge in [0, 0.05) is 12.6 Å². The number of hydrogen-bond donors (Lipinski definition) is 1. The van der Waals surface area contributed by atoms with Crippen LogP contribution in [0.1, 0.15) is 36.9 Å². The van der Waals surface area contributed by atoms with Crippen LogP contribution in [-0.4, -0.2) is 24.1 Å². The Bertz CT molecular complexity index is 534. The zero-order valence-corrected chi connectivity index (χ0v) is 11.5. The van der Waals surface area contributed by atoms with Crippen LogP contribution >= 0.6 is 0 Å². The Morgan fingerprint density at radius 1 is 1.38 bits per heavy atom. The van der Waals surface area contributed by atoms with Crippen LogP contribution in [0.5, 0.6) is 0 Å². The molecule has 4 nitrogen and oxygen atoms in total. The molecule has 1 atom stereocenters. The first-order valence-electron chi connectivity index (χ1n) is 6.92. The fourth-order valence-electron chi connectivity index (χ4n) is 2.68. The predicted octanol–water partition coefficient (Wildman–Crippen LogP) is 2.68. The number of nitriles is 1. The average molecular weight is 298 g/mol. The van der Waals surface area contributed by atoms with Gasteiger partial charge in [-0.25, -0.2) is 4.98 Å². The summed E-state index contributed by atoms with van der Waals surface area (Å²) >= 11 is 0. The normalized spacial score (nSPS) is 19.4. The summed E-state index contributed by atoms with van der Waals surface area (Å²) in [6.07, 6.45) is -1.07. The Morgan fingerprint density at radius 2 is 2.14 bits per heavy atom. The van der Waals surface area contributed by atoms with E-state index in [4.69, 9.17) is 11.0 Å². The van der Waals surface area contributed by atoms with E-state index in [2.05, 4.69) is 4.98 Å². The van der Waals surface area contributed by atoms with Crippen molar-refractivity contribution in [1.29, 1.82) is 5.26 Å². The Balaban J connectivity index is 2.42. The van der Waals surface area contributed by atoms with E-state index < -0.39 is 11.9 Å². The number of nitrogens with zero attached hydrogens (tertiary/aromatic N) is 3. The van der Waals surface area contributed by atoms with Gasteiger partial charge in [0.05, 0.1) is 5.56 Å². The molecular formula is C14H17F3N4. The molecular weight excluding hydrogens is 281 g/mol. The summed E-state index contributed by atoms with van der Waals surface area (Å²) in [5, 5.41) is 9.14. The number of aromatic nitrogens is 1. The van der Waals surface area contributed by atoms with E-state index in [1.165, 1.54) is 6.07 Å². The Hall–Kier alpha value is -1.81. The second kappa shape index (κ2) is 6.31. The molecule has 0 spiro atoms. The fourth-order valence-corrected chi connectivity index (χ4v) is 2.68. The van der Waals surface area contributed by atoms with Crippen molar-refractivity contribution in [3.8, 4) is 6.07 Å². The molecule has 0 amide bonds. The molecule has 0 aliphatic carbocycles. The molecule has 1 aliphatic rings. The standard InChI is InChI=1S/C14H17F3N4/c15-14(16,17)12-5-4-10(9-19)13(20-12)21-8-2-1-3-11(21)6-7-18/h4-5,11H,1-3,6-8,18H2. The lowest BCUT2D eigenvalue weighted by molar-refractivity contribution is -0.141. The van der Waals surface area contributed by atoms with E-state index in [-0.39, 0.29) is 17.4 Å². The van der Waals surface area contributed by atoms with Gasteiger partial charge in [-0.05, 0) is 44.4 Å². The van der Waals surface area contributed by atoms with Gasteiger partial charge in [-0.3, -0.25) is 0 Å². The summed E-state index contributed by atoms with van der Waals surface area (Å²) < 4.78 is 38.5. The smallest absolute Gasteiger partial charge is 0.352 e. The van der Waals surface area contributed by atoms with Crippen molar-refractivity contribution in [2.45, 2.75) is 37.9 Å². The first kappa shape index (κ1) is 15.6. The Labute approximate surface area is 121 Å². The van der Waals surface area contributed by atoms with Gasteiger partial charge in [0.2, 0.25) is 0 Å². The van der Waals surface area contributed by atoms with Gasteiger partial charge in [0.1, 0.15) is 17.6 Å². The molecule has 1 fully saturated rings. The van der Waals surface area contributed by atoms with Crippen molar-refractivity contribution in [1.82, 2.24) is 4.98 Å². The molecule has 0 aromatic carbocycles. The van der Waals surface area contributed by atoms with Crippen LogP contribution in [0.15, 0.2) is 12.1 Å². The monoisotopic (exact) mass is 298 g/mol. The summed E-state index contributed by atoms with van der Waals surface area (Å²) in [4.78, 5) is 5.52. The number of alkyl halides is 3. The maximum atomic E-state index is 12.8. The molecule has 2 heterocycles. The predicted molar refractivity (Wildman–Crippen MR) is 72.6 cm³/mol. The number of hydrogen-bond acceptors (Lipinski definition) is 4. The van der Waals surface area contributed by atoms with E-state index in [1.54, 1.807) is 0 Å². The van der Waals surface area contributed by atoms with Gasteiger partial charge in [0.25, 0.3) is 0 Å². The Morgan fingerprint density at radius 3 is 2.76 bits per heavy atom. The number of anilines is 1. The highest BCUT2D eigenvalue weighted by molar-refractivity contribution is 5.55. The molecule has 1 unspecified atom stereocenters. The highest BCUT2D eigenvalue weighted by Gasteiger charge is 2.34. The molecule has 114 valence electrons.